The fourth-order valence-electron chi connectivity index (χ4n) is 14.1. The molecule has 6 fully saturated rings. The Labute approximate surface area is 304 Å². The summed E-state index contributed by atoms with van der Waals surface area (Å²) in [7, 11) is 0. The van der Waals surface area contributed by atoms with E-state index in [9.17, 15) is 19.8 Å². The average Bonchev–Trinajstić information content (AvgIpc) is 3.74. The van der Waals surface area contributed by atoms with Crippen molar-refractivity contribution >= 4 is 11.8 Å². The number of aliphatic hydroxyl groups is 2. The molecular weight excluding hydrogens is 636 g/mol. The molecule has 13 atom stereocenters. The summed E-state index contributed by atoms with van der Waals surface area (Å²) in [5.74, 6) is 0.897. The molecule has 2 amide bonds. The molecule has 51 heavy (non-hydrogen) atoms. The van der Waals surface area contributed by atoms with E-state index < -0.39 is 24.4 Å². The molecule has 276 valence electrons. The van der Waals surface area contributed by atoms with E-state index in [1.165, 1.54) is 12.8 Å². The van der Waals surface area contributed by atoms with E-state index in [-0.39, 0.29) is 56.8 Å². The first kappa shape index (κ1) is 35.3. The number of nitrogens with one attached hydrogen (secondary N) is 1. The van der Waals surface area contributed by atoms with Crippen LogP contribution in [0.3, 0.4) is 0 Å². The van der Waals surface area contributed by atoms with Crippen molar-refractivity contribution in [3.05, 3.63) is 71.8 Å². The third-order valence-corrected chi connectivity index (χ3v) is 16.7. The van der Waals surface area contributed by atoms with Crippen LogP contribution in [0.5, 0.6) is 0 Å². The van der Waals surface area contributed by atoms with E-state index in [0.717, 1.165) is 43.2 Å². The van der Waals surface area contributed by atoms with Crippen molar-refractivity contribution in [3.63, 3.8) is 0 Å². The SMILES string of the molecule is CC(=O)N(Cc1ccccc1)C(C(=O)NCc1ccccc1)C1C[C@@H](C)[C@H]2C(O1)[C@H](O)[C@@]1(C)C3CC[C@H]4C(C)(C)[C@@H](O)CC[C@@]45C[C@@]35CC[C@]21C. The van der Waals surface area contributed by atoms with Crippen molar-refractivity contribution in [2.24, 2.45) is 50.7 Å². The summed E-state index contributed by atoms with van der Waals surface area (Å²) in [4.78, 5) is 29.6. The highest BCUT2D eigenvalue weighted by Crippen LogP contribution is 2.89. The number of carbonyl (C=O) groups excluding carboxylic acids is 2. The molecule has 1 aliphatic heterocycles. The number of ether oxygens (including phenoxy) is 1. The lowest BCUT2D eigenvalue weighted by atomic mass is 9.41. The lowest BCUT2D eigenvalue weighted by molar-refractivity contribution is -0.183. The maximum atomic E-state index is 14.4. The monoisotopic (exact) mass is 696 g/mol. The van der Waals surface area contributed by atoms with Gasteiger partial charge in [-0.1, -0.05) is 95.3 Å². The van der Waals surface area contributed by atoms with E-state index in [1.807, 2.05) is 60.7 Å². The topological polar surface area (TPSA) is 99.1 Å². The fourth-order valence-corrected chi connectivity index (χ4v) is 14.1. The van der Waals surface area contributed by atoms with Crippen LogP contribution in [-0.4, -0.2) is 57.4 Å². The van der Waals surface area contributed by atoms with Gasteiger partial charge < -0.3 is 25.2 Å². The third-order valence-electron chi connectivity index (χ3n) is 16.7. The first-order valence-electron chi connectivity index (χ1n) is 19.9. The number of rotatable bonds is 7. The summed E-state index contributed by atoms with van der Waals surface area (Å²) in [5, 5.41) is 27.1. The molecule has 7 nitrogen and oxygen atoms in total. The zero-order valence-electron chi connectivity index (χ0n) is 31.6. The van der Waals surface area contributed by atoms with E-state index >= 15 is 0 Å². The first-order valence-corrected chi connectivity index (χ1v) is 19.9. The highest BCUT2D eigenvalue weighted by atomic mass is 16.5. The van der Waals surface area contributed by atoms with Crippen molar-refractivity contribution in [2.75, 3.05) is 0 Å². The summed E-state index contributed by atoms with van der Waals surface area (Å²) in [6, 6.07) is 18.9. The maximum absolute atomic E-state index is 14.4. The molecule has 2 aromatic rings. The lowest BCUT2D eigenvalue weighted by Gasteiger charge is -2.63. The van der Waals surface area contributed by atoms with Crippen molar-refractivity contribution in [2.45, 2.75) is 136 Å². The van der Waals surface area contributed by atoms with Gasteiger partial charge in [0.2, 0.25) is 11.8 Å². The number of hydrogen-bond donors (Lipinski definition) is 3. The number of aliphatic hydroxyl groups excluding tert-OH is 2. The Morgan fingerprint density at radius 2 is 1.51 bits per heavy atom. The summed E-state index contributed by atoms with van der Waals surface area (Å²) in [6.45, 7) is 14.0. The van der Waals surface area contributed by atoms with Crippen LogP contribution in [0, 0.1) is 50.7 Å². The Balaban J connectivity index is 1.11. The van der Waals surface area contributed by atoms with Gasteiger partial charge in [0, 0.05) is 25.4 Å². The molecule has 1 heterocycles. The molecule has 2 aromatic carbocycles. The Morgan fingerprint density at radius 3 is 2.18 bits per heavy atom. The molecule has 4 unspecified atom stereocenters. The molecule has 2 spiro atoms. The van der Waals surface area contributed by atoms with Gasteiger partial charge in [0.25, 0.3) is 0 Å². The van der Waals surface area contributed by atoms with Gasteiger partial charge >= 0.3 is 0 Å². The second-order valence-corrected chi connectivity index (χ2v) is 18.9. The van der Waals surface area contributed by atoms with Crippen LogP contribution in [0.2, 0.25) is 0 Å². The number of benzene rings is 2. The standard InChI is InChI=1S/C44H60N2O5/c1-27-23-31(36(39(50)45-24-29-13-9-7-10-14-29)46(28(2)47)25-30-15-11-8-12-16-30)51-37-35(27)41(5)21-22-44-26-43(44)20-19-34(48)40(3,4)32(43)17-18-33(44)42(41,6)38(37)49/h7-16,27,31-38,48-49H,17-26H2,1-6H3,(H,45,50)/t27-,31?,32+,33?,34+,35+,36?,37?,38+,41-,42-,43-,44+/m1/s1. The number of fused-ring (bicyclic) bond motifs is 4. The molecule has 7 heteroatoms. The van der Waals surface area contributed by atoms with Crippen LogP contribution >= 0.6 is 0 Å². The summed E-state index contributed by atoms with van der Waals surface area (Å²) in [6.07, 6.45) is 6.46. The summed E-state index contributed by atoms with van der Waals surface area (Å²) in [5.41, 5.74) is 1.93. The highest BCUT2D eigenvalue weighted by Gasteiger charge is 2.84. The molecule has 0 aromatic heterocycles. The molecular formula is C44H60N2O5. The van der Waals surface area contributed by atoms with Crippen LogP contribution in [0.15, 0.2) is 60.7 Å². The predicted molar refractivity (Wildman–Crippen MR) is 197 cm³/mol. The lowest BCUT2D eigenvalue weighted by Crippen LogP contribution is -2.59. The van der Waals surface area contributed by atoms with E-state index in [1.54, 1.807) is 11.8 Å². The second kappa shape index (κ2) is 12.1. The fraction of sp³-hybridized carbons (Fsp3) is 0.682. The smallest absolute Gasteiger partial charge is 0.245 e. The zero-order valence-corrected chi connectivity index (χ0v) is 31.6. The van der Waals surface area contributed by atoms with Crippen molar-refractivity contribution in [3.8, 4) is 0 Å². The second-order valence-electron chi connectivity index (χ2n) is 18.9. The van der Waals surface area contributed by atoms with Crippen LogP contribution in [0.4, 0.5) is 0 Å². The number of amides is 2. The Kier molecular flexibility index (Phi) is 8.40. The Morgan fingerprint density at radius 1 is 0.882 bits per heavy atom. The van der Waals surface area contributed by atoms with Crippen LogP contribution < -0.4 is 5.32 Å². The molecule has 6 aliphatic rings. The van der Waals surface area contributed by atoms with E-state index in [0.29, 0.717) is 31.3 Å². The minimum Gasteiger partial charge on any atom is -0.393 e. The van der Waals surface area contributed by atoms with Crippen LogP contribution in [0.1, 0.15) is 104 Å². The number of hydrogen-bond acceptors (Lipinski definition) is 5. The summed E-state index contributed by atoms with van der Waals surface area (Å²) >= 11 is 0. The Hall–Kier alpha value is -2.74. The molecule has 5 saturated carbocycles. The molecule has 3 N–H and O–H groups in total. The molecule has 8 rings (SSSR count). The number of carbonyl (C=O) groups is 2. The summed E-state index contributed by atoms with van der Waals surface area (Å²) < 4.78 is 7.16. The maximum Gasteiger partial charge on any atom is 0.245 e. The minimum atomic E-state index is -0.838. The van der Waals surface area contributed by atoms with Gasteiger partial charge in [-0.15, -0.1) is 0 Å². The van der Waals surface area contributed by atoms with Crippen LogP contribution in [-0.2, 0) is 27.4 Å². The quantitative estimate of drug-likeness (QED) is 0.293. The van der Waals surface area contributed by atoms with Gasteiger partial charge in [-0.05, 0) is 108 Å². The molecule has 5 aliphatic carbocycles. The zero-order chi connectivity index (χ0) is 36.1. The average molecular weight is 697 g/mol. The van der Waals surface area contributed by atoms with Gasteiger partial charge in [0.1, 0.15) is 6.04 Å². The highest BCUT2D eigenvalue weighted by molar-refractivity contribution is 5.87. The normalized spacial score (nSPS) is 43.7. The molecule has 1 saturated heterocycles. The third kappa shape index (κ3) is 4.92. The van der Waals surface area contributed by atoms with Crippen molar-refractivity contribution in [1.82, 2.24) is 10.2 Å². The van der Waals surface area contributed by atoms with Gasteiger partial charge in [0.15, 0.2) is 0 Å². The van der Waals surface area contributed by atoms with Gasteiger partial charge in [-0.3, -0.25) is 9.59 Å². The number of nitrogens with zero attached hydrogens (tertiary/aromatic N) is 1. The van der Waals surface area contributed by atoms with Gasteiger partial charge in [-0.2, -0.15) is 0 Å². The molecule has 0 radical (unpaired) electrons. The minimum absolute atomic E-state index is 0.0834. The Bertz CT molecular complexity index is 1650. The predicted octanol–water partition coefficient (Wildman–Crippen LogP) is 6.89. The molecule has 0 bridgehead atoms. The van der Waals surface area contributed by atoms with Crippen LogP contribution in [0.25, 0.3) is 0 Å². The van der Waals surface area contributed by atoms with E-state index in [4.69, 9.17) is 4.74 Å². The largest absolute Gasteiger partial charge is 0.393 e. The van der Waals surface area contributed by atoms with Gasteiger partial charge in [-0.25, -0.2) is 0 Å². The first-order chi connectivity index (χ1) is 24.2. The van der Waals surface area contributed by atoms with Crippen molar-refractivity contribution in [1.29, 1.82) is 0 Å². The van der Waals surface area contributed by atoms with Crippen molar-refractivity contribution < 1.29 is 24.5 Å². The van der Waals surface area contributed by atoms with E-state index in [2.05, 4.69) is 39.9 Å². The van der Waals surface area contributed by atoms with Gasteiger partial charge in [0.05, 0.1) is 24.4 Å².